The van der Waals surface area contributed by atoms with Crippen LogP contribution in [0.25, 0.3) is 0 Å². The van der Waals surface area contributed by atoms with Crippen LogP contribution < -0.4 is 0 Å². The molecule has 2 rings (SSSR count). The van der Waals surface area contributed by atoms with Gasteiger partial charge in [0.15, 0.2) is 5.78 Å². The molecule has 0 saturated carbocycles. The fourth-order valence-corrected chi connectivity index (χ4v) is 3.47. The van der Waals surface area contributed by atoms with Crippen LogP contribution in [-0.2, 0) is 0 Å². The summed E-state index contributed by atoms with van der Waals surface area (Å²) in [6.07, 6.45) is 0. The molecule has 0 N–H and O–H groups in total. The van der Waals surface area contributed by atoms with Crippen LogP contribution in [0.1, 0.15) is 42.6 Å². The first kappa shape index (κ1) is 15.3. The highest BCUT2D eigenvalue weighted by Gasteiger charge is 2.09. The van der Waals surface area contributed by atoms with E-state index in [1.807, 2.05) is 18.2 Å². The van der Waals surface area contributed by atoms with Crippen molar-refractivity contribution in [1.29, 1.82) is 0 Å². The van der Waals surface area contributed by atoms with Crippen LogP contribution in [0.3, 0.4) is 0 Å². The Morgan fingerprint density at radius 1 is 1.10 bits per heavy atom. The number of Topliss-reactive ketones (excluding diaryl/α,β-unsaturated/α-hetero) is 1. The average Bonchev–Trinajstić information content (AvgIpc) is 2.39. The van der Waals surface area contributed by atoms with Gasteiger partial charge in [-0.3, -0.25) is 4.79 Å². The van der Waals surface area contributed by atoms with E-state index in [2.05, 4.69) is 54.0 Å². The molecule has 0 spiro atoms. The van der Waals surface area contributed by atoms with Crippen LogP contribution in [0.15, 0.2) is 56.7 Å². The van der Waals surface area contributed by atoms with Gasteiger partial charge in [0.25, 0.3) is 0 Å². The van der Waals surface area contributed by atoms with Gasteiger partial charge in [-0.15, -0.1) is 0 Å². The van der Waals surface area contributed by atoms with E-state index in [-0.39, 0.29) is 5.78 Å². The highest BCUT2D eigenvalue weighted by molar-refractivity contribution is 9.10. The third-order valence-electron chi connectivity index (χ3n) is 3.10. The van der Waals surface area contributed by atoms with Gasteiger partial charge in [0.05, 0.1) is 0 Å². The lowest BCUT2D eigenvalue weighted by atomic mass is 10.0. The molecule has 0 aromatic heterocycles. The Balaban J connectivity index is 2.29. The van der Waals surface area contributed by atoms with Crippen molar-refractivity contribution in [3.05, 3.63) is 58.1 Å². The fourth-order valence-electron chi connectivity index (χ4n) is 1.92. The second-order valence-corrected chi connectivity index (χ2v) is 7.05. The number of carbonyl (C=O) groups excluding carboxylic acids is 1. The average molecular weight is 349 g/mol. The predicted molar refractivity (Wildman–Crippen MR) is 88.8 cm³/mol. The minimum absolute atomic E-state index is 0.0961. The number of halogens is 1. The van der Waals surface area contributed by atoms with E-state index < -0.39 is 0 Å². The molecule has 104 valence electrons. The first-order chi connectivity index (χ1) is 9.47. The largest absolute Gasteiger partial charge is 0.294 e. The highest BCUT2D eigenvalue weighted by Crippen LogP contribution is 2.33. The zero-order chi connectivity index (χ0) is 14.7. The molecule has 1 nitrogen and oxygen atoms in total. The molecule has 0 amide bonds. The molecule has 3 heteroatoms. The molecule has 0 atom stereocenters. The summed E-state index contributed by atoms with van der Waals surface area (Å²) in [6, 6.07) is 14.3. The number of benzene rings is 2. The Hall–Kier alpha value is -1.06. The number of rotatable bonds is 4. The zero-order valence-corrected chi connectivity index (χ0v) is 14.2. The summed E-state index contributed by atoms with van der Waals surface area (Å²) in [7, 11) is 0. The number of hydrogen-bond acceptors (Lipinski definition) is 2. The van der Waals surface area contributed by atoms with Crippen LogP contribution >= 0.6 is 27.7 Å². The Labute approximate surface area is 132 Å². The van der Waals surface area contributed by atoms with Gasteiger partial charge in [0.2, 0.25) is 0 Å². The number of carbonyl (C=O) groups is 1. The third kappa shape index (κ3) is 3.74. The summed E-state index contributed by atoms with van der Waals surface area (Å²) >= 11 is 5.09. The maximum absolute atomic E-state index is 11.7. The Kier molecular flexibility index (Phi) is 5.06. The van der Waals surface area contributed by atoms with E-state index in [4.69, 9.17) is 0 Å². The van der Waals surface area contributed by atoms with Crippen molar-refractivity contribution in [1.82, 2.24) is 0 Å². The third-order valence-corrected chi connectivity index (χ3v) is 4.66. The SMILES string of the molecule is CC(=O)c1ccc(Br)cc1Sc1ccc(C(C)C)cc1. The molecule has 0 aliphatic carbocycles. The quantitative estimate of drug-likeness (QED) is 0.637. The smallest absolute Gasteiger partial charge is 0.160 e. The predicted octanol–water partition coefficient (Wildman–Crippen LogP) is 5.93. The molecule has 0 aliphatic heterocycles. The van der Waals surface area contributed by atoms with Crippen molar-refractivity contribution in [3.63, 3.8) is 0 Å². The van der Waals surface area contributed by atoms with Crippen LogP contribution in [0.4, 0.5) is 0 Å². The molecule has 2 aromatic rings. The van der Waals surface area contributed by atoms with Crippen molar-refractivity contribution in [3.8, 4) is 0 Å². The lowest BCUT2D eigenvalue weighted by Crippen LogP contribution is -1.95. The Morgan fingerprint density at radius 3 is 2.30 bits per heavy atom. The molecule has 0 aliphatic rings. The van der Waals surface area contributed by atoms with Gasteiger partial charge in [0, 0.05) is 19.8 Å². The number of hydrogen-bond donors (Lipinski definition) is 0. The summed E-state index contributed by atoms with van der Waals surface area (Å²) in [4.78, 5) is 13.8. The summed E-state index contributed by atoms with van der Waals surface area (Å²) < 4.78 is 0.990. The number of ketones is 1. The summed E-state index contributed by atoms with van der Waals surface area (Å²) in [5.41, 5.74) is 2.10. The van der Waals surface area contributed by atoms with Crippen molar-refractivity contribution in [2.24, 2.45) is 0 Å². The molecular weight excluding hydrogens is 332 g/mol. The molecule has 0 heterocycles. The van der Waals surface area contributed by atoms with Gasteiger partial charge in [-0.2, -0.15) is 0 Å². The van der Waals surface area contributed by atoms with Gasteiger partial charge in [-0.25, -0.2) is 0 Å². The fraction of sp³-hybridized carbons (Fsp3) is 0.235. The lowest BCUT2D eigenvalue weighted by Gasteiger charge is -2.09. The minimum atomic E-state index is 0.0961. The van der Waals surface area contributed by atoms with Crippen LogP contribution in [0.5, 0.6) is 0 Å². The van der Waals surface area contributed by atoms with E-state index in [1.54, 1.807) is 18.7 Å². The summed E-state index contributed by atoms with van der Waals surface area (Å²) in [5.74, 6) is 0.631. The first-order valence-electron chi connectivity index (χ1n) is 6.55. The standard InChI is InChI=1S/C17H17BrOS/c1-11(2)13-4-7-15(8-5-13)20-17-10-14(18)6-9-16(17)12(3)19/h4-11H,1-3H3. The molecule has 0 unspecified atom stereocenters. The zero-order valence-electron chi connectivity index (χ0n) is 11.8. The Morgan fingerprint density at radius 2 is 1.75 bits per heavy atom. The maximum atomic E-state index is 11.7. The summed E-state index contributed by atoms with van der Waals surface area (Å²) in [5, 5.41) is 0. The van der Waals surface area contributed by atoms with E-state index >= 15 is 0 Å². The molecule has 0 radical (unpaired) electrons. The van der Waals surface area contributed by atoms with Crippen molar-refractivity contribution in [2.75, 3.05) is 0 Å². The lowest BCUT2D eigenvalue weighted by molar-refractivity contribution is 0.101. The monoisotopic (exact) mass is 348 g/mol. The topological polar surface area (TPSA) is 17.1 Å². The minimum Gasteiger partial charge on any atom is -0.294 e. The molecule has 0 fully saturated rings. The van der Waals surface area contributed by atoms with Crippen molar-refractivity contribution in [2.45, 2.75) is 36.5 Å². The van der Waals surface area contributed by atoms with Gasteiger partial charge in [0.1, 0.15) is 0 Å². The van der Waals surface area contributed by atoms with E-state index in [9.17, 15) is 4.79 Å². The highest BCUT2D eigenvalue weighted by atomic mass is 79.9. The normalized spacial score (nSPS) is 10.8. The molecule has 0 saturated heterocycles. The Bertz CT molecular complexity index is 617. The van der Waals surface area contributed by atoms with Crippen LogP contribution in [-0.4, -0.2) is 5.78 Å². The molecule has 0 bridgehead atoms. The van der Waals surface area contributed by atoms with E-state index in [0.29, 0.717) is 5.92 Å². The van der Waals surface area contributed by atoms with E-state index in [1.165, 1.54) is 5.56 Å². The van der Waals surface area contributed by atoms with E-state index in [0.717, 1.165) is 19.8 Å². The van der Waals surface area contributed by atoms with Gasteiger partial charge in [-0.05, 0) is 48.7 Å². The molecule has 20 heavy (non-hydrogen) atoms. The summed E-state index contributed by atoms with van der Waals surface area (Å²) in [6.45, 7) is 5.98. The second kappa shape index (κ2) is 6.59. The first-order valence-corrected chi connectivity index (χ1v) is 8.16. The molecular formula is C17H17BrOS. The maximum Gasteiger partial charge on any atom is 0.160 e. The van der Waals surface area contributed by atoms with Crippen molar-refractivity contribution < 1.29 is 4.79 Å². The van der Waals surface area contributed by atoms with Gasteiger partial charge < -0.3 is 0 Å². The van der Waals surface area contributed by atoms with Crippen LogP contribution in [0.2, 0.25) is 0 Å². The second-order valence-electron chi connectivity index (χ2n) is 5.02. The van der Waals surface area contributed by atoms with Gasteiger partial charge in [-0.1, -0.05) is 53.7 Å². The van der Waals surface area contributed by atoms with Crippen LogP contribution in [0, 0.1) is 0 Å². The van der Waals surface area contributed by atoms with Crippen molar-refractivity contribution >= 4 is 33.5 Å². The van der Waals surface area contributed by atoms with Gasteiger partial charge >= 0.3 is 0 Å². The molecule has 2 aromatic carbocycles.